The third-order valence-corrected chi connectivity index (χ3v) is 9.21. The number of carbonyl (C=O) groups is 1. The minimum atomic E-state index is -0.0117. The fourth-order valence-electron chi connectivity index (χ4n) is 7.67. The van der Waals surface area contributed by atoms with Gasteiger partial charge in [0.1, 0.15) is 12.4 Å². The lowest BCUT2D eigenvalue weighted by Gasteiger charge is -2.61. The fraction of sp³-hybridized carbons (Fsp3) is 0.913. The summed E-state index contributed by atoms with van der Waals surface area (Å²) in [5.41, 5.74) is 7.20. The van der Waals surface area contributed by atoms with Gasteiger partial charge in [-0.15, -0.1) is 0 Å². The maximum absolute atomic E-state index is 12.6. The Balaban J connectivity index is 1.51. The normalized spacial score (nSPS) is 48.1. The van der Waals surface area contributed by atoms with Crippen molar-refractivity contribution in [1.82, 2.24) is 0 Å². The Morgan fingerprint density at radius 3 is 2.74 bits per heavy atom. The number of ketones is 1. The Hall–Kier alpha value is -0.900. The van der Waals surface area contributed by atoms with Gasteiger partial charge in [-0.2, -0.15) is 0 Å². The standard InChI is InChI=1S/C23H38N2O2/c1-15-13-17-18-5-6-21(26)23(18,3)10-8-19(17)22(2)9-7-16(14-20(15)22)25-27-12-4-11-24/h15,17-20H,4-14,24H2,1-3H3/t15?,17-,18-,19+,20?,22+,23-/m0/s1. The summed E-state index contributed by atoms with van der Waals surface area (Å²) < 4.78 is 0. The number of fused-ring (bicyclic) bond motifs is 5. The number of nitrogens with two attached hydrogens (primary N) is 1. The van der Waals surface area contributed by atoms with Crippen molar-refractivity contribution in [3.8, 4) is 0 Å². The summed E-state index contributed by atoms with van der Waals surface area (Å²) in [6.07, 6.45) is 9.94. The highest BCUT2D eigenvalue weighted by molar-refractivity contribution is 5.87. The van der Waals surface area contributed by atoms with E-state index in [9.17, 15) is 4.79 Å². The van der Waals surface area contributed by atoms with Gasteiger partial charge in [-0.25, -0.2) is 0 Å². The van der Waals surface area contributed by atoms with Gasteiger partial charge in [0, 0.05) is 11.8 Å². The number of rotatable bonds is 4. The van der Waals surface area contributed by atoms with Crippen LogP contribution in [-0.2, 0) is 9.63 Å². The van der Waals surface area contributed by atoms with Crippen LogP contribution in [0.1, 0.15) is 78.6 Å². The SMILES string of the molecule is CC1C[C@@H]2[C@@H](CC[C@]3(C)C(=O)CC[C@@H]23)[C@@]2(C)CCC(=NOCCCN)CC12. The number of carbonyl (C=O) groups excluding carboxylic acids is 1. The minimum Gasteiger partial charge on any atom is -0.396 e. The average Bonchev–Trinajstić information content (AvgIpc) is 2.95. The molecule has 0 saturated heterocycles. The third-order valence-electron chi connectivity index (χ3n) is 9.21. The van der Waals surface area contributed by atoms with E-state index in [-0.39, 0.29) is 5.41 Å². The molecule has 0 bridgehead atoms. The van der Waals surface area contributed by atoms with E-state index in [1.807, 2.05) is 0 Å². The first-order chi connectivity index (χ1) is 12.9. The van der Waals surface area contributed by atoms with Crippen molar-refractivity contribution in [3.63, 3.8) is 0 Å². The van der Waals surface area contributed by atoms with Gasteiger partial charge in [0.2, 0.25) is 0 Å². The molecule has 2 unspecified atom stereocenters. The minimum absolute atomic E-state index is 0.0117. The number of Topliss-reactive ketones (excluding diaryl/α,β-unsaturated/α-hetero) is 1. The van der Waals surface area contributed by atoms with Gasteiger partial charge in [0.15, 0.2) is 0 Å². The Kier molecular flexibility index (Phi) is 5.15. The van der Waals surface area contributed by atoms with Crippen LogP contribution in [0.3, 0.4) is 0 Å². The van der Waals surface area contributed by atoms with E-state index in [2.05, 4.69) is 25.9 Å². The van der Waals surface area contributed by atoms with Gasteiger partial charge in [-0.3, -0.25) is 4.79 Å². The molecule has 4 heteroatoms. The summed E-state index contributed by atoms with van der Waals surface area (Å²) in [5, 5.41) is 4.47. The predicted octanol–water partition coefficient (Wildman–Crippen LogP) is 4.57. The van der Waals surface area contributed by atoms with E-state index < -0.39 is 0 Å². The topological polar surface area (TPSA) is 64.7 Å². The summed E-state index contributed by atoms with van der Waals surface area (Å²) >= 11 is 0. The Bertz CT molecular complexity index is 617. The Labute approximate surface area is 164 Å². The van der Waals surface area contributed by atoms with Crippen molar-refractivity contribution in [1.29, 1.82) is 0 Å². The lowest BCUT2D eigenvalue weighted by molar-refractivity contribution is -0.141. The zero-order valence-electron chi connectivity index (χ0n) is 17.5. The van der Waals surface area contributed by atoms with E-state index in [1.54, 1.807) is 0 Å². The highest BCUT2D eigenvalue weighted by Gasteiger charge is 2.61. The van der Waals surface area contributed by atoms with Crippen molar-refractivity contribution < 1.29 is 9.63 Å². The second-order valence-corrected chi connectivity index (χ2v) is 10.5. The largest absolute Gasteiger partial charge is 0.396 e. The summed E-state index contributed by atoms with van der Waals surface area (Å²) in [4.78, 5) is 18.1. The van der Waals surface area contributed by atoms with Crippen LogP contribution in [0.15, 0.2) is 5.16 Å². The lowest BCUT2D eigenvalue weighted by Crippen LogP contribution is -2.56. The van der Waals surface area contributed by atoms with Gasteiger partial charge in [-0.1, -0.05) is 25.9 Å². The van der Waals surface area contributed by atoms with Crippen LogP contribution >= 0.6 is 0 Å². The van der Waals surface area contributed by atoms with Crippen molar-refractivity contribution in [3.05, 3.63) is 0 Å². The van der Waals surface area contributed by atoms with Crippen LogP contribution < -0.4 is 5.73 Å². The van der Waals surface area contributed by atoms with Crippen LogP contribution in [-0.4, -0.2) is 24.6 Å². The second-order valence-electron chi connectivity index (χ2n) is 10.5. The van der Waals surface area contributed by atoms with Crippen molar-refractivity contribution >= 4 is 11.5 Å². The highest BCUT2D eigenvalue weighted by Crippen LogP contribution is 2.66. The number of nitrogens with zero attached hydrogens (tertiary/aromatic N) is 1. The van der Waals surface area contributed by atoms with Gasteiger partial charge in [0.25, 0.3) is 0 Å². The molecule has 4 fully saturated rings. The molecule has 2 N–H and O–H groups in total. The first kappa shape index (κ1) is 19.4. The smallest absolute Gasteiger partial charge is 0.139 e. The quantitative estimate of drug-likeness (QED) is 0.579. The molecule has 0 aromatic heterocycles. The maximum Gasteiger partial charge on any atom is 0.139 e. The molecule has 0 spiro atoms. The Morgan fingerprint density at radius 1 is 1.15 bits per heavy atom. The molecular weight excluding hydrogens is 336 g/mol. The predicted molar refractivity (Wildman–Crippen MR) is 108 cm³/mol. The van der Waals surface area contributed by atoms with Crippen LogP contribution in [0.25, 0.3) is 0 Å². The van der Waals surface area contributed by atoms with Gasteiger partial charge >= 0.3 is 0 Å². The van der Waals surface area contributed by atoms with Crippen molar-refractivity contribution in [2.45, 2.75) is 78.6 Å². The first-order valence-electron chi connectivity index (χ1n) is 11.3. The molecule has 4 saturated carbocycles. The van der Waals surface area contributed by atoms with Crippen LogP contribution in [0.4, 0.5) is 0 Å². The molecule has 4 nitrogen and oxygen atoms in total. The molecule has 4 aliphatic rings. The second kappa shape index (κ2) is 7.17. The average molecular weight is 375 g/mol. The molecule has 0 aromatic rings. The molecule has 0 radical (unpaired) electrons. The van der Waals surface area contributed by atoms with Crippen LogP contribution in [0.5, 0.6) is 0 Å². The molecule has 0 amide bonds. The molecule has 7 atom stereocenters. The number of hydrogen-bond donors (Lipinski definition) is 1. The van der Waals surface area contributed by atoms with Crippen LogP contribution in [0, 0.1) is 40.4 Å². The molecule has 0 heterocycles. The molecule has 27 heavy (non-hydrogen) atoms. The lowest BCUT2D eigenvalue weighted by atomic mass is 9.43. The molecule has 0 aliphatic heterocycles. The monoisotopic (exact) mass is 374 g/mol. The van der Waals surface area contributed by atoms with Gasteiger partial charge < -0.3 is 10.6 Å². The molecule has 152 valence electrons. The molecular formula is C23H38N2O2. The summed E-state index contributed by atoms with van der Waals surface area (Å²) in [5.74, 6) is 4.17. The van der Waals surface area contributed by atoms with Gasteiger partial charge in [-0.05, 0) is 92.9 Å². The van der Waals surface area contributed by atoms with E-state index >= 15 is 0 Å². The van der Waals surface area contributed by atoms with Crippen LogP contribution in [0.2, 0.25) is 0 Å². The zero-order chi connectivity index (χ0) is 19.2. The third kappa shape index (κ3) is 3.07. The van der Waals surface area contributed by atoms with Crippen molar-refractivity contribution in [2.75, 3.05) is 13.2 Å². The Morgan fingerprint density at radius 2 is 1.96 bits per heavy atom. The number of hydrogen-bond acceptors (Lipinski definition) is 4. The van der Waals surface area contributed by atoms with E-state index in [0.717, 1.165) is 50.4 Å². The molecule has 4 rings (SSSR count). The van der Waals surface area contributed by atoms with Gasteiger partial charge in [0.05, 0.1) is 5.71 Å². The summed E-state index contributed by atoms with van der Waals surface area (Å²) in [6, 6.07) is 0. The van der Waals surface area contributed by atoms with Crippen molar-refractivity contribution in [2.24, 2.45) is 51.3 Å². The van der Waals surface area contributed by atoms with E-state index in [1.165, 1.54) is 25.0 Å². The molecule has 0 aromatic carbocycles. The maximum atomic E-state index is 12.6. The molecule has 4 aliphatic carbocycles. The summed E-state index contributed by atoms with van der Waals surface area (Å²) in [6.45, 7) is 8.61. The zero-order valence-corrected chi connectivity index (χ0v) is 17.5. The number of oxime groups is 1. The first-order valence-corrected chi connectivity index (χ1v) is 11.3. The van der Waals surface area contributed by atoms with E-state index in [4.69, 9.17) is 10.6 Å². The van der Waals surface area contributed by atoms with E-state index in [0.29, 0.717) is 42.1 Å². The fourth-order valence-corrected chi connectivity index (χ4v) is 7.67. The summed E-state index contributed by atoms with van der Waals surface area (Å²) in [7, 11) is 0. The highest BCUT2D eigenvalue weighted by atomic mass is 16.6.